The molecule has 7 rings (SSSR count). The Bertz CT molecular complexity index is 1670. The van der Waals surface area contributed by atoms with E-state index in [4.69, 9.17) is 9.40 Å². The van der Waals surface area contributed by atoms with E-state index < -0.39 is 0 Å². The van der Waals surface area contributed by atoms with Gasteiger partial charge in [0.15, 0.2) is 0 Å². The number of benzene rings is 1. The van der Waals surface area contributed by atoms with Crippen molar-refractivity contribution in [2.75, 3.05) is 6.54 Å². The first-order valence-electron chi connectivity index (χ1n) is 13.0. The number of nitrogens with one attached hydrogen (secondary N) is 3. The van der Waals surface area contributed by atoms with E-state index in [1.807, 2.05) is 24.7 Å². The second-order valence-electron chi connectivity index (χ2n) is 10.0. The summed E-state index contributed by atoms with van der Waals surface area (Å²) in [6, 6.07) is 14.7. The van der Waals surface area contributed by atoms with Gasteiger partial charge in [-0.3, -0.25) is 15.1 Å². The van der Waals surface area contributed by atoms with Crippen molar-refractivity contribution >= 4 is 21.8 Å². The number of hydrogen-bond acceptors (Lipinski definition) is 5. The number of fused-ring (bicyclic) bond motifs is 2. The largest absolute Gasteiger partial charge is 0.472 e. The third kappa shape index (κ3) is 4.21. The second kappa shape index (κ2) is 9.33. The van der Waals surface area contributed by atoms with Crippen LogP contribution in [0.15, 0.2) is 78.0 Å². The summed E-state index contributed by atoms with van der Waals surface area (Å²) >= 11 is 0. The van der Waals surface area contributed by atoms with Crippen LogP contribution in [0.2, 0.25) is 0 Å². The number of rotatable bonds is 7. The smallest absolute Gasteiger partial charge is 0.116 e. The lowest BCUT2D eigenvalue weighted by Crippen LogP contribution is -2.20. The highest BCUT2D eigenvalue weighted by atomic mass is 16.3. The summed E-state index contributed by atoms with van der Waals surface area (Å²) in [4.78, 5) is 12.8. The summed E-state index contributed by atoms with van der Waals surface area (Å²) in [6.07, 6.45) is 14.6. The molecule has 184 valence electrons. The average Bonchev–Trinajstić information content (AvgIpc) is 3.74. The fraction of sp³-hybridized carbons (Fsp3) is 0.233. The molecule has 5 heterocycles. The van der Waals surface area contributed by atoms with E-state index in [0.717, 1.165) is 74.6 Å². The molecule has 0 radical (unpaired) electrons. The molecular weight excluding hydrogens is 460 g/mol. The molecule has 0 amide bonds. The van der Waals surface area contributed by atoms with Crippen molar-refractivity contribution < 1.29 is 4.42 Å². The number of aromatic amines is 2. The number of hydrogen-bond donors (Lipinski definition) is 3. The van der Waals surface area contributed by atoms with Crippen molar-refractivity contribution in [3.8, 4) is 33.8 Å². The lowest BCUT2D eigenvalue weighted by molar-refractivity contribution is 0.489. The van der Waals surface area contributed by atoms with Crippen LogP contribution in [0.3, 0.4) is 0 Å². The van der Waals surface area contributed by atoms with E-state index in [1.54, 1.807) is 12.5 Å². The molecule has 0 aliphatic heterocycles. The SMILES string of the molecule is c1cc(-c2ccoc2)c2cc(-c3n[nH]c4cnc(-c5cncc(CNCC6CCCC6)c5)cc34)[nH]c2c1. The van der Waals surface area contributed by atoms with Crippen LogP contribution in [-0.2, 0) is 6.54 Å². The van der Waals surface area contributed by atoms with Gasteiger partial charge >= 0.3 is 0 Å². The predicted molar refractivity (Wildman–Crippen MR) is 146 cm³/mol. The Kier molecular flexibility index (Phi) is 5.55. The Labute approximate surface area is 214 Å². The number of nitrogens with zero attached hydrogens (tertiary/aromatic N) is 3. The molecule has 0 spiro atoms. The summed E-state index contributed by atoms with van der Waals surface area (Å²) in [7, 11) is 0. The molecule has 1 aliphatic carbocycles. The van der Waals surface area contributed by atoms with Gasteiger partial charge in [0.2, 0.25) is 0 Å². The average molecular weight is 489 g/mol. The van der Waals surface area contributed by atoms with E-state index in [0.29, 0.717) is 0 Å². The van der Waals surface area contributed by atoms with Crippen LogP contribution in [0.1, 0.15) is 31.2 Å². The van der Waals surface area contributed by atoms with Crippen molar-refractivity contribution in [1.82, 2.24) is 30.5 Å². The van der Waals surface area contributed by atoms with Crippen molar-refractivity contribution in [2.24, 2.45) is 5.92 Å². The molecule has 1 saturated carbocycles. The summed E-state index contributed by atoms with van der Waals surface area (Å²) < 4.78 is 5.32. The lowest BCUT2D eigenvalue weighted by Gasteiger charge is -2.11. The Morgan fingerprint density at radius 3 is 2.78 bits per heavy atom. The van der Waals surface area contributed by atoms with Gasteiger partial charge in [-0.25, -0.2) is 0 Å². The number of H-pyrrole nitrogens is 2. The van der Waals surface area contributed by atoms with Gasteiger partial charge in [0.25, 0.3) is 0 Å². The number of pyridine rings is 2. The summed E-state index contributed by atoms with van der Waals surface area (Å²) in [5.74, 6) is 0.820. The van der Waals surface area contributed by atoms with Crippen LogP contribution in [0.4, 0.5) is 0 Å². The zero-order valence-electron chi connectivity index (χ0n) is 20.5. The molecule has 5 aromatic heterocycles. The molecule has 0 bridgehead atoms. The van der Waals surface area contributed by atoms with Crippen LogP contribution >= 0.6 is 0 Å². The van der Waals surface area contributed by atoms with Crippen LogP contribution in [0, 0.1) is 5.92 Å². The highest BCUT2D eigenvalue weighted by Gasteiger charge is 2.16. The monoisotopic (exact) mass is 488 g/mol. The minimum atomic E-state index is 0.820. The molecule has 1 fully saturated rings. The molecule has 0 unspecified atom stereocenters. The fourth-order valence-corrected chi connectivity index (χ4v) is 5.59. The van der Waals surface area contributed by atoms with Gasteiger partial charge in [-0.05, 0) is 66.8 Å². The molecule has 0 atom stereocenters. The molecule has 37 heavy (non-hydrogen) atoms. The van der Waals surface area contributed by atoms with Gasteiger partial charge in [0.05, 0.1) is 35.6 Å². The van der Waals surface area contributed by atoms with E-state index in [-0.39, 0.29) is 0 Å². The maximum Gasteiger partial charge on any atom is 0.116 e. The van der Waals surface area contributed by atoms with Gasteiger partial charge < -0.3 is 14.7 Å². The molecule has 1 aliphatic rings. The Balaban J connectivity index is 1.20. The Morgan fingerprint density at radius 2 is 1.89 bits per heavy atom. The maximum atomic E-state index is 5.32. The third-order valence-electron chi connectivity index (χ3n) is 7.53. The molecule has 7 heteroatoms. The minimum Gasteiger partial charge on any atom is -0.472 e. The van der Waals surface area contributed by atoms with Crippen molar-refractivity contribution in [1.29, 1.82) is 0 Å². The van der Waals surface area contributed by atoms with Crippen molar-refractivity contribution in [2.45, 2.75) is 32.2 Å². The lowest BCUT2D eigenvalue weighted by atomic mass is 10.0. The number of aromatic nitrogens is 5. The van der Waals surface area contributed by atoms with E-state index in [1.165, 1.54) is 31.2 Å². The molecule has 3 N–H and O–H groups in total. The molecule has 1 aromatic carbocycles. The maximum absolute atomic E-state index is 5.32. The van der Waals surface area contributed by atoms with Crippen LogP contribution in [-0.4, -0.2) is 31.7 Å². The van der Waals surface area contributed by atoms with E-state index >= 15 is 0 Å². The Morgan fingerprint density at radius 1 is 0.946 bits per heavy atom. The topological polar surface area (TPSA) is 95.4 Å². The molecular formula is C30H28N6O. The summed E-state index contributed by atoms with van der Waals surface area (Å²) in [5.41, 5.74) is 9.03. The zero-order chi connectivity index (χ0) is 24.6. The van der Waals surface area contributed by atoms with Gasteiger partial charge in [-0.15, -0.1) is 0 Å². The predicted octanol–water partition coefficient (Wildman–Crippen LogP) is 6.71. The van der Waals surface area contributed by atoms with Crippen molar-refractivity contribution in [3.05, 3.63) is 79.1 Å². The number of furan rings is 1. The molecule has 7 nitrogen and oxygen atoms in total. The van der Waals surface area contributed by atoms with E-state index in [2.05, 4.69) is 61.9 Å². The molecule has 0 saturated heterocycles. The first-order valence-corrected chi connectivity index (χ1v) is 13.0. The Hall–Kier alpha value is -4.23. The third-order valence-corrected chi connectivity index (χ3v) is 7.53. The van der Waals surface area contributed by atoms with Crippen LogP contribution in [0.25, 0.3) is 55.6 Å². The first-order chi connectivity index (χ1) is 18.3. The summed E-state index contributed by atoms with van der Waals surface area (Å²) in [5, 5.41) is 13.6. The normalized spacial score (nSPS) is 14.3. The standard InChI is InChI=1S/C30H28N6O/c1-2-5-19(4-1)13-31-14-20-10-22(16-32-15-20)27-12-25-29(17-33-27)35-36-30(25)28-11-24-23(21-8-9-37-18-21)6-3-7-26(24)34-28/h3,6-12,15-19,31,34H,1-2,4-5,13-14H2,(H,35,36). The minimum absolute atomic E-state index is 0.820. The second-order valence-corrected chi connectivity index (χ2v) is 10.0. The fourth-order valence-electron chi connectivity index (χ4n) is 5.59. The first kappa shape index (κ1) is 22.0. The van der Waals surface area contributed by atoms with Crippen LogP contribution < -0.4 is 5.32 Å². The van der Waals surface area contributed by atoms with Crippen molar-refractivity contribution in [3.63, 3.8) is 0 Å². The quantitative estimate of drug-likeness (QED) is 0.232. The van der Waals surface area contributed by atoms with Gasteiger partial charge in [-0.1, -0.05) is 25.0 Å². The summed E-state index contributed by atoms with van der Waals surface area (Å²) in [6.45, 7) is 1.91. The zero-order valence-corrected chi connectivity index (χ0v) is 20.5. The van der Waals surface area contributed by atoms with Gasteiger partial charge in [0.1, 0.15) is 5.69 Å². The van der Waals surface area contributed by atoms with E-state index in [9.17, 15) is 0 Å². The highest BCUT2D eigenvalue weighted by molar-refractivity contribution is 6.01. The van der Waals surface area contributed by atoms with Gasteiger partial charge in [-0.2, -0.15) is 5.10 Å². The van der Waals surface area contributed by atoms with Crippen LogP contribution in [0.5, 0.6) is 0 Å². The highest BCUT2D eigenvalue weighted by Crippen LogP contribution is 2.35. The van der Waals surface area contributed by atoms with Gasteiger partial charge in [0, 0.05) is 46.4 Å². The molecule has 6 aromatic rings.